The Bertz CT molecular complexity index is 390. The molecule has 0 amide bonds. The van der Waals surface area contributed by atoms with Crippen LogP contribution in [-0.4, -0.2) is 17.6 Å². The fourth-order valence-electron chi connectivity index (χ4n) is 2.19. The van der Waals surface area contributed by atoms with Crippen molar-refractivity contribution in [3.05, 3.63) is 35.4 Å². The van der Waals surface area contributed by atoms with Gasteiger partial charge < -0.3 is 16.3 Å². The maximum absolute atomic E-state index is 8.42. The van der Waals surface area contributed by atoms with E-state index in [9.17, 15) is 0 Å². The molecule has 0 heterocycles. The van der Waals surface area contributed by atoms with Gasteiger partial charge in [-0.3, -0.25) is 0 Å². The van der Waals surface area contributed by atoms with Crippen molar-refractivity contribution in [3.63, 3.8) is 0 Å². The fourth-order valence-corrected chi connectivity index (χ4v) is 2.19. The number of rotatable bonds is 4. The number of nitrogens with zero attached hydrogens (tertiary/aromatic N) is 1. The smallest absolute Gasteiger partial charge is 0.140 e. The summed E-state index contributed by atoms with van der Waals surface area (Å²) in [5.74, 6) is 0.277. The van der Waals surface area contributed by atoms with Crippen molar-refractivity contribution < 1.29 is 5.21 Å². The van der Waals surface area contributed by atoms with E-state index in [1.54, 1.807) is 0 Å². The van der Waals surface area contributed by atoms with Gasteiger partial charge in [0.2, 0.25) is 0 Å². The van der Waals surface area contributed by atoms with Gasteiger partial charge in [-0.2, -0.15) is 0 Å². The zero-order valence-electron chi connectivity index (χ0n) is 9.19. The number of hydrogen-bond acceptors (Lipinski definition) is 3. The Morgan fingerprint density at radius 2 is 2.31 bits per heavy atom. The first-order chi connectivity index (χ1) is 7.81. The number of aryl methyl sites for hydroxylation is 1. The molecule has 16 heavy (non-hydrogen) atoms. The maximum Gasteiger partial charge on any atom is 0.140 e. The molecule has 0 bridgehead atoms. The van der Waals surface area contributed by atoms with Crippen molar-refractivity contribution in [2.24, 2.45) is 10.9 Å². The van der Waals surface area contributed by atoms with Crippen LogP contribution in [0.4, 0.5) is 0 Å². The summed E-state index contributed by atoms with van der Waals surface area (Å²) in [7, 11) is 0. The quantitative estimate of drug-likeness (QED) is 0.310. The van der Waals surface area contributed by atoms with E-state index in [-0.39, 0.29) is 5.84 Å². The molecule has 0 saturated heterocycles. The number of amidine groups is 1. The van der Waals surface area contributed by atoms with E-state index in [0.29, 0.717) is 12.5 Å². The van der Waals surface area contributed by atoms with Crippen LogP contribution in [0.25, 0.3) is 0 Å². The summed E-state index contributed by atoms with van der Waals surface area (Å²) in [5.41, 5.74) is 8.24. The van der Waals surface area contributed by atoms with E-state index in [0.717, 1.165) is 19.4 Å². The first-order valence-corrected chi connectivity index (χ1v) is 5.59. The van der Waals surface area contributed by atoms with Gasteiger partial charge in [-0.1, -0.05) is 29.4 Å². The predicted molar refractivity (Wildman–Crippen MR) is 63.5 cm³/mol. The van der Waals surface area contributed by atoms with Crippen LogP contribution in [0, 0.1) is 0 Å². The van der Waals surface area contributed by atoms with E-state index in [4.69, 9.17) is 10.9 Å². The third kappa shape index (κ3) is 2.33. The largest absolute Gasteiger partial charge is 0.409 e. The standard InChI is InChI=1S/C12H17N3O/c13-12(15-16)7-8-14-11-6-5-9-3-1-2-4-10(9)11/h1-4,11,14,16H,5-8H2,(H2,13,15). The van der Waals surface area contributed by atoms with Crippen LogP contribution in [0.3, 0.4) is 0 Å². The van der Waals surface area contributed by atoms with Crippen LogP contribution in [0.1, 0.15) is 30.0 Å². The second kappa shape index (κ2) is 4.99. The van der Waals surface area contributed by atoms with E-state index in [1.165, 1.54) is 11.1 Å². The highest BCUT2D eigenvalue weighted by molar-refractivity contribution is 5.79. The molecule has 4 heteroatoms. The van der Waals surface area contributed by atoms with Gasteiger partial charge in [-0.05, 0) is 24.0 Å². The minimum absolute atomic E-state index is 0.277. The highest BCUT2D eigenvalue weighted by Gasteiger charge is 2.20. The second-order valence-corrected chi connectivity index (χ2v) is 4.09. The SMILES string of the molecule is NC(CCNC1CCc2ccccc21)=NO. The van der Waals surface area contributed by atoms with E-state index in [1.807, 2.05) is 0 Å². The lowest BCUT2D eigenvalue weighted by Gasteiger charge is -2.13. The van der Waals surface area contributed by atoms with Gasteiger partial charge in [0.1, 0.15) is 5.84 Å². The van der Waals surface area contributed by atoms with Gasteiger partial charge in [0, 0.05) is 19.0 Å². The first-order valence-electron chi connectivity index (χ1n) is 5.59. The molecule has 1 aliphatic carbocycles. The molecule has 0 radical (unpaired) electrons. The van der Waals surface area contributed by atoms with Crippen LogP contribution in [0.15, 0.2) is 29.4 Å². The Balaban J connectivity index is 1.89. The number of hydrogen-bond donors (Lipinski definition) is 3. The third-order valence-corrected chi connectivity index (χ3v) is 3.03. The number of nitrogens with two attached hydrogens (primary N) is 1. The lowest BCUT2D eigenvalue weighted by Crippen LogP contribution is -2.25. The van der Waals surface area contributed by atoms with E-state index >= 15 is 0 Å². The summed E-state index contributed by atoms with van der Waals surface area (Å²) in [6.07, 6.45) is 2.85. The number of oxime groups is 1. The fraction of sp³-hybridized carbons (Fsp3) is 0.417. The van der Waals surface area contributed by atoms with Gasteiger partial charge >= 0.3 is 0 Å². The number of nitrogens with one attached hydrogen (secondary N) is 1. The number of fused-ring (bicyclic) bond motifs is 1. The van der Waals surface area contributed by atoms with E-state index < -0.39 is 0 Å². The summed E-state index contributed by atoms with van der Waals surface area (Å²) in [5, 5.41) is 14.8. The van der Waals surface area contributed by atoms with Crippen molar-refractivity contribution >= 4 is 5.84 Å². The minimum atomic E-state index is 0.277. The molecular formula is C12H17N3O. The van der Waals surface area contributed by atoms with Crippen LogP contribution >= 0.6 is 0 Å². The van der Waals surface area contributed by atoms with Gasteiger partial charge in [0.15, 0.2) is 0 Å². The molecule has 1 aliphatic rings. The highest BCUT2D eigenvalue weighted by Crippen LogP contribution is 2.30. The molecule has 1 unspecified atom stereocenters. The molecule has 0 aromatic heterocycles. The molecule has 0 aliphatic heterocycles. The Morgan fingerprint density at radius 1 is 1.50 bits per heavy atom. The zero-order chi connectivity index (χ0) is 11.4. The van der Waals surface area contributed by atoms with Gasteiger partial charge in [0.25, 0.3) is 0 Å². The normalized spacial score (nSPS) is 19.8. The minimum Gasteiger partial charge on any atom is -0.409 e. The molecule has 1 atom stereocenters. The van der Waals surface area contributed by atoms with Crippen LogP contribution in [0.5, 0.6) is 0 Å². The monoisotopic (exact) mass is 219 g/mol. The lowest BCUT2D eigenvalue weighted by molar-refractivity contribution is 0.316. The molecule has 4 N–H and O–H groups in total. The lowest BCUT2D eigenvalue weighted by atomic mass is 10.1. The molecular weight excluding hydrogens is 202 g/mol. The molecule has 0 fully saturated rings. The molecule has 0 saturated carbocycles. The molecule has 2 rings (SSSR count). The van der Waals surface area contributed by atoms with Gasteiger partial charge in [-0.15, -0.1) is 0 Å². The average molecular weight is 219 g/mol. The van der Waals surface area contributed by atoms with Crippen molar-refractivity contribution in [1.29, 1.82) is 0 Å². The van der Waals surface area contributed by atoms with Gasteiger partial charge in [0.05, 0.1) is 0 Å². The Labute approximate surface area is 95.1 Å². The van der Waals surface area contributed by atoms with Crippen molar-refractivity contribution in [2.45, 2.75) is 25.3 Å². The van der Waals surface area contributed by atoms with Crippen molar-refractivity contribution in [2.75, 3.05) is 6.54 Å². The predicted octanol–water partition coefficient (Wildman–Crippen LogP) is 1.40. The Kier molecular flexibility index (Phi) is 3.41. The van der Waals surface area contributed by atoms with Crippen LogP contribution in [0.2, 0.25) is 0 Å². The first kappa shape index (κ1) is 11.0. The maximum atomic E-state index is 8.42. The third-order valence-electron chi connectivity index (χ3n) is 3.03. The van der Waals surface area contributed by atoms with Crippen molar-refractivity contribution in [3.8, 4) is 0 Å². The molecule has 1 aromatic rings. The molecule has 4 nitrogen and oxygen atoms in total. The summed E-state index contributed by atoms with van der Waals surface area (Å²) >= 11 is 0. The molecule has 86 valence electrons. The summed E-state index contributed by atoms with van der Waals surface area (Å²) < 4.78 is 0. The summed E-state index contributed by atoms with van der Waals surface area (Å²) in [4.78, 5) is 0. The number of benzene rings is 1. The zero-order valence-corrected chi connectivity index (χ0v) is 9.19. The average Bonchev–Trinajstić information content (AvgIpc) is 2.73. The summed E-state index contributed by atoms with van der Waals surface area (Å²) in [6, 6.07) is 8.92. The highest BCUT2D eigenvalue weighted by atomic mass is 16.4. The van der Waals surface area contributed by atoms with Crippen LogP contribution in [-0.2, 0) is 6.42 Å². The molecule has 0 spiro atoms. The summed E-state index contributed by atoms with van der Waals surface area (Å²) in [6.45, 7) is 0.745. The van der Waals surface area contributed by atoms with Crippen LogP contribution < -0.4 is 11.1 Å². The van der Waals surface area contributed by atoms with Crippen molar-refractivity contribution in [1.82, 2.24) is 5.32 Å². The van der Waals surface area contributed by atoms with Gasteiger partial charge in [-0.25, -0.2) is 0 Å². The second-order valence-electron chi connectivity index (χ2n) is 4.09. The molecule has 1 aromatic carbocycles. The topological polar surface area (TPSA) is 70.6 Å². The Morgan fingerprint density at radius 3 is 3.12 bits per heavy atom. The Hall–Kier alpha value is -1.55. The van der Waals surface area contributed by atoms with E-state index in [2.05, 4.69) is 34.7 Å².